The number of methoxy groups -OCH3 is 2. The summed E-state index contributed by atoms with van der Waals surface area (Å²) in [5.74, 6) is 1.39. The van der Waals surface area contributed by atoms with Gasteiger partial charge in [0, 0.05) is 19.1 Å². The van der Waals surface area contributed by atoms with Gasteiger partial charge in [0.15, 0.2) is 11.5 Å². The van der Waals surface area contributed by atoms with Gasteiger partial charge in [0.25, 0.3) is 0 Å². The number of nitrogens with one attached hydrogen (secondary N) is 2. The summed E-state index contributed by atoms with van der Waals surface area (Å²) in [6.07, 6.45) is 0.733. The van der Waals surface area contributed by atoms with Gasteiger partial charge in [-0.3, -0.25) is 4.79 Å². The molecular weight excluding hydrogens is 354 g/mol. The Morgan fingerprint density at radius 1 is 1.04 bits per heavy atom. The monoisotopic (exact) mass is 385 g/mol. The van der Waals surface area contributed by atoms with Crippen molar-refractivity contribution in [3.8, 4) is 11.5 Å². The van der Waals surface area contributed by atoms with Crippen LogP contribution in [0.1, 0.15) is 17.2 Å². The minimum Gasteiger partial charge on any atom is -0.493 e. The summed E-state index contributed by atoms with van der Waals surface area (Å²) < 4.78 is 10.5. The molecule has 0 saturated carbocycles. The van der Waals surface area contributed by atoms with E-state index in [1.807, 2.05) is 50.5 Å². The highest BCUT2D eigenvalue weighted by atomic mass is 16.5. The summed E-state index contributed by atoms with van der Waals surface area (Å²) in [4.78, 5) is 14.3. The van der Waals surface area contributed by atoms with Crippen molar-refractivity contribution >= 4 is 5.91 Å². The third kappa shape index (κ3) is 6.55. The Bertz CT molecular complexity index is 735. The quantitative estimate of drug-likeness (QED) is 0.621. The summed E-state index contributed by atoms with van der Waals surface area (Å²) in [5.41, 5.74) is 2.32. The van der Waals surface area contributed by atoms with E-state index in [2.05, 4.69) is 27.7 Å². The predicted molar refractivity (Wildman–Crippen MR) is 112 cm³/mol. The molecule has 6 heteroatoms. The van der Waals surface area contributed by atoms with E-state index in [9.17, 15) is 4.79 Å². The molecule has 28 heavy (non-hydrogen) atoms. The second kappa shape index (κ2) is 11.3. The number of benzene rings is 2. The van der Waals surface area contributed by atoms with Crippen molar-refractivity contribution in [2.45, 2.75) is 12.5 Å². The van der Waals surface area contributed by atoms with E-state index in [1.165, 1.54) is 5.56 Å². The first kappa shape index (κ1) is 21.7. The highest BCUT2D eigenvalue weighted by Crippen LogP contribution is 2.27. The lowest BCUT2D eigenvalue weighted by atomic mass is 10.1. The molecule has 2 aromatic carbocycles. The van der Waals surface area contributed by atoms with Crippen LogP contribution in [0.5, 0.6) is 11.5 Å². The van der Waals surface area contributed by atoms with Crippen LogP contribution in [0.15, 0.2) is 48.5 Å². The van der Waals surface area contributed by atoms with Gasteiger partial charge in [-0.25, -0.2) is 0 Å². The molecule has 0 aliphatic rings. The fourth-order valence-electron chi connectivity index (χ4n) is 3.04. The smallest absolute Gasteiger partial charge is 0.233 e. The molecular formula is C22H31N3O3. The molecule has 0 fully saturated rings. The zero-order valence-electron chi connectivity index (χ0n) is 17.2. The number of carbonyl (C=O) groups is 1. The van der Waals surface area contributed by atoms with Crippen LogP contribution in [0.3, 0.4) is 0 Å². The van der Waals surface area contributed by atoms with E-state index in [0.29, 0.717) is 31.1 Å². The van der Waals surface area contributed by atoms with Gasteiger partial charge in [-0.2, -0.15) is 0 Å². The Labute approximate surface area is 167 Å². The van der Waals surface area contributed by atoms with Crippen molar-refractivity contribution in [2.24, 2.45) is 0 Å². The fourth-order valence-corrected chi connectivity index (χ4v) is 3.04. The average Bonchev–Trinajstić information content (AvgIpc) is 2.71. The van der Waals surface area contributed by atoms with Gasteiger partial charge in [0.2, 0.25) is 5.91 Å². The molecule has 0 unspecified atom stereocenters. The number of hydrogen-bond acceptors (Lipinski definition) is 5. The van der Waals surface area contributed by atoms with Crippen molar-refractivity contribution in [2.75, 3.05) is 47.9 Å². The molecule has 1 amide bonds. The number of nitrogens with zero attached hydrogens (tertiary/aromatic N) is 1. The van der Waals surface area contributed by atoms with Gasteiger partial charge in [0.05, 0.1) is 20.8 Å². The highest BCUT2D eigenvalue weighted by molar-refractivity contribution is 5.77. The largest absolute Gasteiger partial charge is 0.493 e. The molecule has 0 aliphatic heterocycles. The maximum atomic E-state index is 12.1. The summed E-state index contributed by atoms with van der Waals surface area (Å²) in [7, 11) is 7.32. The van der Waals surface area contributed by atoms with Crippen molar-refractivity contribution in [3.05, 3.63) is 59.7 Å². The van der Waals surface area contributed by atoms with Crippen LogP contribution in [-0.2, 0) is 11.2 Å². The molecule has 0 saturated heterocycles. The van der Waals surface area contributed by atoms with Crippen LogP contribution in [0.2, 0.25) is 0 Å². The van der Waals surface area contributed by atoms with Crippen molar-refractivity contribution in [1.29, 1.82) is 0 Å². The molecule has 1 atom stereocenters. The van der Waals surface area contributed by atoms with Crippen LogP contribution >= 0.6 is 0 Å². The maximum absolute atomic E-state index is 12.1. The average molecular weight is 386 g/mol. The van der Waals surface area contributed by atoms with E-state index in [4.69, 9.17) is 9.47 Å². The maximum Gasteiger partial charge on any atom is 0.233 e. The zero-order valence-corrected chi connectivity index (χ0v) is 17.2. The summed E-state index contributed by atoms with van der Waals surface area (Å²) in [5, 5.41) is 6.21. The molecule has 0 spiro atoms. The molecule has 0 bridgehead atoms. The van der Waals surface area contributed by atoms with Crippen LogP contribution < -0.4 is 20.1 Å². The minimum absolute atomic E-state index is 0.00829. The minimum atomic E-state index is -0.00829. The molecule has 2 N–H and O–H groups in total. The SMILES string of the molecule is COc1ccc(CCNC(=O)CNC[C@@H](c2ccccc2)N(C)C)cc1OC. The second-order valence-electron chi connectivity index (χ2n) is 6.81. The second-order valence-corrected chi connectivity index (χ2v) is 6.81. The standard InChI is InChI=1S/C22H31N3O3/c1-25(2)19(18-8-6-5-7-9-18)15-23-16-22(26)24-13-12-17-10-11-20(27-3)21(14-17)28-4/h5-11,14,19,23H,12-13,15-16H2,1-4H3,(H,24,26)/t19-/m0/s1. The third-order valence-electron chi connectivity index (χ3n) is 4.61. The van der Waals surface area contributed by atoms with Crippen molar-refractivity contribution in [1.82, 2.24) is 15.5 Å². The first-order chi connectivity index (χ1) is 13.5. The predicted octanol–water partition coefficient (Wildman–Crippen LogP) is 2.25. The lowest BCUT2D eigenvalue weighted by Crippen LogP contribution is -2.38. The van der Waals surface area contributed by atoms with E-state index >= 15 is 0 Å². The van der Waals surface area contributed by atoms with Gasteiger partial charge < -0.3 is 25.0 Å². The van der Waals surface area contributed by atoms with Crippen LogP contribution in [0.4, 0.5) is 0 Å². The van der Waals surface area contributed by atoms with Gasteiger partial charge in [-0.15, -0.1) is 0 Å². The van der Waals surface area contributed by atoms with E-state index in [1.54, 1.807) is 14.2 Å². The van der Waals surface area contributed by atoms with E-state index in [-0.39, 0.29) is 11.9 Å². The van der Waals surface area contributed by atoms with Gasteiger partial charge in [-0.1, -0.05) is 36.4 Å². The molecule has 6 nitrogen and oxygen atoms in total. The number of carbonyl (C=O) groups excluding carboxylic acids is 1. The van der Waals surface area contributed by atoms with Crippen LogP contribution in [0.25, 0.3) is 0 Å². The molecule has 0 aromatic heterocycles. The number of ether oxygens (including phenoxy) is 2. The Kier molecular flexibility index (Phi) is 8.78. The van der Waals surface area contributed by atoms with Crippen LogP contribution in [0, 0.1) is 0 Å². The highest BCUT2D eigenvalue weighted by Gasteiger charge is 2.13. The van der Waals surface area contributed by atoms with Crippen molar-refractivity contribution < 1.29 is 14.3 Å². The number of rotatable bonds is 11. The zero-order chi connectivity index (χ0) is 20.4. The summed E-state index contributed by atoms with van der Waals surface area (Å²) in [6, 6.07) is 16.3. The van der Waals surface area contributed by atoms with Gasteiger partial charge in [-0.05, 0) is 43.8 Å². The van der Waals surface area contributed by atoms with Crippen molar-refractivity contribution in [3.63, 3.8) is 0 Å². The Morgan fingerprint density at radius 3 is 2.39 bits per heavy atom. The first-order valence-corrected chi connectivity index (χ1v) is 9.44. The van der Waals surface area contributed by atoms with Gasteiger partial charge in [0.1, 0.15) is 0 Å². The molecule has 2 rings (SSSR count). The molecule has 0 aliphatic carbocycles. The Morgan fingerprint density at radius 2 is 1.75 bits per heavy atom. The summed E-state index contributed by atoms with van der Waals surface area (Å²) >= 11 is 0. The Balaban J connectivity index is 1.74. The first-order valence-electron chi connectivity index (χ1n) is 9.44. The lowest BCUT2D eigenvalue weighted by Gasteiger charge is -2.25. The number of hydrogen-bond donors (Lipinski definition) is 2. The summed E-state index contributed by atoms with van der Waals surface area (Å²) in [6.45, 7) is 1.58. The third-order valence-corrected chi connectivity index (χ3v) is 4.61. The van der Waals surface area contributed by atoms with Gasteiger partial charge >= 0.3 is 0 Å². The molecule has 0 radical (unpaired) electrons. The molecule has 2 aromatic rings. The number of amides is 1. The normalized spacial score (nSPS) is 11.9. The topological polar surface area (TPSA) is 62.8 Å². The number of likely N-dealkylation sites (N-methyl/N-ethyl adjacent to an activating group) is 1. The van der Waals surface area contributed by atoms with E-state index in [0.717, 1.165) is 12.0 Å². The van der Waals surface area contributed by atoms with E-state index < -0.39 is 0 Å². The van der Waals surface area contributed by atoms with Crippen LogP contribution in [-0.4, -0.2) is 58.8 Å². The fraction of sp³-hybridized carbons (Fsp3) is 0.409. The molecule has 0 heterocycles. The Hall–Kier alpha value is -2.57. The lowest BCUT2D eigenvalue weighted by molar-refractivity contribution is -0.120. The molecule has 152 valence electrons.